The molecule has 0 saturated heterocycles. The molecule has 1 fully saturated rings. The van der Waals surface area contributed by atoms with Crippen molar-refractivity contribution in [3.05, 3.63) is 0 Å². The van der Waals surface area contributed by atoms with Crippen LogP contribution in [0.3, 0.4) is 0 Å². The topological polar surface area (TPSA) is 18.8 Å². The van der Waals surface area contributed by atoms with Crippen molar-refractivity contribution >= 4 is 29.9 Å². The summed E-state index contributed by atoms with van der Waals surface area (Å²) in [7, 11) is 8.26. The van der Waals surface area contributed by atoms with Gasteiger partial charge in [0.2, 0.25) is 0 Å². The molecule has 3 nitrogen and oxygen atoms in total. The van der Waals surface area contributed by atoms with Gasteiger partial charge in [-0.3, -0.25) is 4.99 Å². The number of hydrogen-bond donors (Lipinski definition) is 0. The maximum atomic E-state index is 4.84. The van der Waals surface area contributed by atoms with E-state index in [9.17, 15) is 0 Å². The molecule has 1 saturated carbocycles. The molecule has 4 heteroatoms. The average Bonchev–Trinajstić information content (AvgIpc) is 2.11. The number of aliphatic imine (C=N–C) groups is 1. The van der Waals surface area contributed by atoms with Crippen LogP contribution in [0.4, 0.5) is 0 Å². The van der Waals surface area contributed by atoms with Crippen molar-refractivity contribution in [3.63, 3.8) is 0 Å². The molecular formula is C14H30IN3. The molecule has 0 aromatic rings. The summed E-state index contributed by atoms with van der Waals surface area (Å²) in [5.41, 5.74) is 0.505. The van der Waals surface area contributed by atoms with E-state index in [1.165, 1.54) is 25.7 Å². The summed E-state index contributed by atoms with van der Waals surface area (Å²) in [6.07, 6.45) is 5.44. The Morgan fingerprint density at radius 2 is 1.61 bits per heavy atom. The van der Waals surface area contributed by atoms with Crippen LogP contribution in [0.2, 0.25) is 0 Å². The normalized spacial score (nSPS) is 16.6. The number of rotatable bonds is 4. The lowest BCUT2D eigenvalue weighted by molar-refractivity contribution is 0.111. The van der Waals surface area contributed by atoms with Crippen LogP contribution in [0.15, 0.2) is 4.99 Å². The van der Waals surface area contributed by atoms with Crippen LogP contribution in [-0.4, -0.2) is 50.5 Å². The number of nitrogens with zero attached hydrogens (tertiary/aromatic N) is 3. The molecule has 1 aliphatic carbocycles. The summed E-state index contributed by atoms with van der Waals surface area (Å²) >= 11 is 0. The number of hydrogen-bond acceptors (Lipinski definition) is 1. The first-order valence-corrected chi connectivity index (χ1v) is 6.75. The minimum atomic E-state index is 0. The Labute approximate surface area is 130 Å². The van der Waals surface area contributed by atoms with E-state index in [1.807, 2.05) is 0 Å². The van der Waals surface area contributed by atoms with Crippen molar-refractivity contribution in [2.24, 2.45) is 16.3 Å². The Morgan fingerprint density at radius 1 is 1.11 bits per heavy atom. The molecule has 0 heterocycles. The molecule has 108 valence electrons. The van der Waals surface area contributed by atoms with E-state index in [4.69, 9.17) is 4.99 Å². The van der Waals surface area contributed by atoms with Crippen molar-refractivity contribution < 1.29 is 0 Å². The molecule has 18 heavy (non-hydrogen) atoms. The summed E-state index contributed by atoms with van der Waals surface area (Å²) in [6, 6.07) is 0. The predicted octanol–water partition coefficient (Wildman–Crippen LogP) is 3.30. The van der Waals surface area contributed by atoms with E-state index in [-0.39, 0.29) is 24.0 Å². The first kappa shape index (κ1) is 18.0. The Balaban J connectivity index is 0.00000289. The monoisotopic (exact) mass is 367 g/mol. The molecule has 1 aliphatic rings. The van der Waals surface area contributed by atoms with Crippen molar-refractivity contribution in [3.8, 4) is 0 Å². The van der Waals surface area contributed by atoms with Gasteiger partial charge in [0, 0.05) is 34.7 Å². The summed E-state index contributed by atoms with van der Waals surface area (Å²) < 4.78 is 0. The fourth-order valence-electron chi connectivity index (χ4n) is 2.89. The first-order chi connectivity index (χ1) is 7.86. The zero-order valence-electron chi connectivity index (χ0n) is 12.9. The van der Waals surface area contributed by atoms with E-state index in [2.05, 4.69) is 51.8 Å². The van der Waals surface area contributed by atoms with Crippen LogP contribution in [-0.2, 0) is 0 Å². The van der Waals surface area contributed by atoms with E-state index in [1.54, 1.807) is 0 Å². The first-order valence-electron chi connectivity index (χ1n) is 6.75. The molecule has 1 rings (SSSR count). The molecule has 0 bridgehead atoms. The highest BCUT2D eigenvalue weighted by Crippen LogP contribution is 2.46. The number of guanidine groups is 1. The van der Waals surface area contributed by atoms with Crippen LogP contribution < -0.4 is 0 Å². The summed E-state index contributed by atoms with van der Waals surface area (Å²) in [6.45, 7) is 5.64. The minimum Gasteiger partial charge on any atom is -0.349 e. The third-order valence-electron chi connectivity index (χ3n) is 3.61. The molecule has 0 radical (unpaired) electrons. The molecule has 0 N–H and O–H groups in total. The summed E-state index contributed by atoms with van der Waals surface area (Å²) in [5, 5.41) is 0. The van der Waals surface area contributed by atoms with Gasteiger partial charge in [0.1, 0.15) is 0 Å². The minimum absolute atomic E-state index is 0. The molecule has 0 unspecified atom stereocenters. The molecule has 0 aromatic heterocycles. The Morgan fingerprint density at radius 3 is 1.89 bits per heavy atom. The largest absolute Gasteiger partial charge is 0.349 e. The molecule has 0 amide bonds. The summed E-state index contributed by atoms with van der Waals surface area (Å²) in [5.74, 6) is 1.87. The standard InChI is InChI=1S/C14H29N3.HI/c1-12(2)10-14(8-7-9-14)11-15-13(16(3)4)17(5)6;/h12H,7-11H2,1-6H3;1H. The van der Waals surface area contributed by atoms with Crippen LogP contribution in [0.25, 0.3) is 0 Å². The van der Waals surface area contributed by atoms with Gasteiger partial charge in [-0.05, 0) is 30.6 Å². The fraction of sp³-hybridized carbons (Fsp3) is 0.929. The van der Waals surface area contributed by atoms with E-state index < -0.39 is 0 Å². The molecule has 0 aromatic carbocycles. The van der Waals surface area contributed by atoms with E-state index in [0.29, 0.717) is 5.41 Å². The zero-order chi connectivity index (χ0) is 13.1. The smallest absolute Gasteiger partial charge is 0.195 e. The second-order valence-electron chi connectivity index (χ2n) is 6.36. The third kappa shape index (κ3) is 4.94. The van der Waals surface area contributed by atoms with Gasteiger partial charge in [-0.25, -0.2) is 0 Å². The third-order valence-corrected chi connectivity index (χ3v) is 3.61. The van der Waals surface area contributed by atoms with Crippen molar-refractivity contribution in [2.75, 3.05) is 34.7 Å². The lowest BCUT2D eigenvalue weighted by atomic mass is 9.64. The van der Waals surface area contributed by atoms with Gasteiger partial charge >= 0.3 is 0 Å². The summed E-state index contributed by atoms with van der Waals surface area (Å²) in [4.78, 5) is 9.04. The lowest BCUT2D eigenvalue weighted by Gasteiger charge is -2.42. The highest BCUT2D eigenvalue weighted by atomic mass is 127. The fourth-order valence-corrected chi connectivity index (χ4v) is 2.89. The molecule has 0 atom stereocenters. The van der Waals surface area contributed by atoms with Crippen molar-refractivity contribution in [1.29, 1.82) is 0 Å². The quantitative estimate of drug-likeness (QED) is 0.431. The van der Waals surface area contributed by atoms with Gasteiger partial charge in [-0.2, -0.15) is 0 Å². The van der Waals surface area contributed by atoms with Crippen LogP contribution >= 0.6 is 24.0 Å². The molecule has 0 spiro atoms. The Hall–Kier alpha value is 0. The zero-order valence-corrected chi connectivity index (χ0v) is 15.2. The van der Waals surface area contributed by atoms with E-state index in [0.717, 1.165) is 18.4 Å². The van der Waals surface area contributed by atoms with Gasteiger partial charge in [-0.1, -0.05) is 20.3 Å². The van der Waals surface area contributed by atoms with Crippen molar-refractivity contribution in [1.82, 2.24) is 9.80 Å². The van der Waals surface area contributed by atoms with Crippen LogP contribution in [0.1, 0.15) is 39.5 Å². The highest BCUT2D eigenvalue weighted by Gasteiger charge is 2.37. The number of halogens is 1. The molecule has 0 aliphatic heterocycles. The van der Waals surface area contributed by atoms with Gasteiger partial charge in [0.05, 0.1) is 0 Å². The Kier molecular flexibility index (Phi) is 7.56. The Bertz CT molecular complexity index is 258. The van der Waals surface area contributed by atoms with Crippen LogP contribution in [0, 0.1) is 11.3 Å². The maximum Gasteiger partial charge on any atom is 0.195 e. The second-order valence-corrected chi connectivity index (χ2v) is 6.36. The lowest BCUT2D eigenvalue weighted by Crippen LogP contribution is -2.39. The molecular weight excluding hydrogens is 337 g/mol. The van der Waals surface area contributed by atoms with Gasteiger partial charge in [0.15, 0.2) is 5.96 Å². The SMILES string of the molecule is CC(C)CC1(CN=C(N(C)C)N(C)C)CCC1.I. The van der Waals surface area contributed by atoms with Gasteiger partial charge in [0.25, 0.3) is 0 Å². The van der Waals surface area contributed by atoms with Gasteiger partial charge < -0.3 is 9.80 Å². The van der Waals surface area contributed by atoms with Gasteiger partial charge in [-0.15, -0.1) is 24.0 Å². The van der Waals surface area contributed by atoms with Crippen LogP contribution in [0.5, 0.6) is 0 Å². The van der Waals surface area contributed by atoms with Crippen molar-refractivity contribution in [2.45, 2.75) is 39.5 Å². The average molecular weight is 367 g/mol. The maximum absolute atomic E-state index is 4.84. The van der Waals surface area contributed by atoms with E-state index >= 15 is 0 Å². The predicted molar refractivity (Wildman–Crippen MR) is 90.8 cm³/mol. The highest BCUT2D eigenvalue weighted by molar-refractivity contribution is 14.0. The second kappa shape index (κ2) is 7.56.